The number of furan rings is 1. The molecule has 0 saturated carbocycles. The first-order valence-electron chi connectivity index (χ1n) is 7.88. The Kier molecular flexibility index (Phi) is 5.41. The maximum atomic E-state index is 13.3. The smallest absolute Gasteiger partial charge is 0.287 e. The van der Waals surface area contributed by atoms with Crippen molar-refractivity contribution in [3.8, 4) is 0 Å². The van der Waals surface area contributed by atoms with Crippen LogP contribution in [0.25, 0.3) is 0 Å². The summed E-state index contributed by atoms with van der Waals surface area (Å²) in [5.74, 6) is -0.950. The van der Waals surface area contributed by atoms with Crippen LogP contribution in [0.3, 0.4) is 0 Å². The van der Waals surface area contributed by atoms with Crippen molar-refractivity contribution in [2.24, 2.45) is 7.05 Å². The zero-order valence-electron chi connectivity index (χ0n) is 14.2. The van der Waals surface area contributed by atoms with Crippen LogP contribution in [-0.2, 0) is 12.8 Å². The molecule has 0 spiro atoms. The van der Waals surface area contributed by atoms with Crippen molar-refractivity contribution in [1.29, 1.82) is 0 Å². The number of hydrogen-bond acceptors (Lipinski definition) is 4. The lowest BCUT2D eigenvalue weighted by molar-refractivity contribution is 0.0910. The van der Waals surface area contributed by atoms with E-state index >= 15 is 0 Å². The van der Waals surface area contributed by atoms with Gasteiger partial charge in [0, 0.05) is 19.4 Å². The van der Waals surface area contributed by atoms with Crippen LogP contribution >= 0.6 is 11.8 Å². The fraction of sp³-hybridized carbons (Fsp3) is 0.222. The molecule has 1 unspecified atom stereocenters. The van der Waals surface area contributed by atoms with E-state index in [2.05, 4.69) is 10.3 Å². The minimum atomic E-state index is -0.949. The molecule has 0 radical (unpaired) electrons. The van der Waals surface area contributed by atoms with Crippen LogP contribution < -0.4 is 5.32 Å². The Labute approximate surface area is 153 Å². The van der Waals surface area contributed by atoms with Crippen LogP contribution in [0.5, 0.6) is 0 Å². The van der Waals surface area contributed by atoms with Gasteiger partial charge in [-0.25, -0.2) is 13.8 Å². The van der Waals surface area contributed by atoms with Gasteiger partial charge in [-0.05, 0) is 36.8 Å². The number of aromatic nitrogens is 2. The van der Waals surface area contributed by atoms with E-state index in [4.69, 9.17) is 4.42 Å². The van der Waals surface area contributed by atoms with Crippen LogP contribution in [0.1, 0.15) is 34.8 Å². The Morgan fingerprint density at radius 1 is 1.31 bits per heavy atom. The predicted octanol–water partition coefficient (Wildman–Crippen LogP) is 4.07. The van der Waals surface area contributed by atoms with E-state index in [1.165, 1.54) is 17.8 Å². The third-order valence-corrected chi connectivity index (χ3v) is 4.88. The van der Waals surface area contributed by atoms with Gasteiger partial charge in [0.15, 0.2) is 22.6 Å². The van der Waals surface area contributed by atoms with Crippen molar-refractivity contribution < 1.29 is 18.0 Å². The number of nitrogens with one attached hydrogen (secondary N) is 1. The standard InChI is InChI=1S/C18H17F2N3O2S/c1-11(12-3-5-14(19)15(20)9-12)22-17(24)16-6-4-13(25-16)10-26-18-21-7-8-23(18)2/h3-9,11H,10H2,1-2H3,(H,22,24). The number of benzene rings is 1. The first-order valence-corrected chi connectivity index (χ1v) is 8.87. The summed E-state index contributed by atoms with van der Waals surface area (Å²) in [6, 6.07) is 6.35. The van der Waals surface area contributed by atoms with E-state index in [0.29, 0.717) is 17.1 Å². The highest BCUT2D eigenvalue weighted by atomic mass is 32.2. The summed E-state index contributed by atoms with van der Waals surface area (Å²) < 4.78 is 33.8. The Morgan fingerprint density at radius 2 is 2.12 bits per heavy atom. The van der Waals surface area contributed by atoms with E-state index in [1.54, 1.807) is 25.3 Å². The minimum absolute atomic E-state index is 0.162. The number of imidazole rings is 1. The molecule has 136 valence electrons. The molecule has 0 fully saturated rings. The maximum absolute atomic E-state index is 13.3. The first kappa shape index (κ1) is 18.2. The fourth-order valence-corrected chi connectivity index (χ4v) is 3.16. The van der Waals surface area contributed by atoms with Crippen molar-refractivity contribution in [2.45, 2.75) is 23.9 Å². The zero-order chi connectivity index (χ0) is 18.7. The molecule has 0 aliphatic rings. The van der Waals surface area contributed by atoms with Gasteiger partial charge in [-0.1, -0.05) is 17.8 Å². The number of halogens is 2. The average Bonchev–Trinajstić information content (AvgIpc) is 3.24. The van der Waals surface area contributed by atoms with Crippen LogP contribution in [0.2, 0.25) is 0 Å². The Balaban J connectivity index is 1.60. The van der Waals surface area contributed by atoms with Gasteiger partial charge < -0.3 is 14.3 Å². The summed E-state index contributed by atoms with van der Waals surface area (Å²) in [5.41, 5.74) is 0.467. The normalized spacial score (nSPS) is 12.2. The number of rotatable bonds is 6. The molecule has 1 amide bonds. The lowest BCUT2D eigenvalue weighted by Gasteiger charge is -2.13. The van der Waals surface area contributed by atoms with Crippen LogP contribution in [0.15, 0.2) is 52.3 Å². The summed E-state index contributed by atoms with van der Waals surface area (Å²) in [5, 5.41) is 3.55. The molecule has 26 heavy (non-hydrogen) atoms. The van der Waals surface area contributed by atoms with Crippen LogP contribution in [0, 0.1) is 11.6 Å². The highest BCUT2D eigenvalue weighted by Crippen LogP contribution is 2.22. The number of thioether (sulfide) groups is 1. The van der Waals surface area contributed by atoms with Crippen molar-refractivity contribution in [1.82, 2.24) is 14.9 Å². The predicted molar refractivity (Wildman–Crippen MR) is 93.7 cm³/mol. The second kappa shape index (κ2) is 7.74. The summed E-state index contributed by atoms with van der Waals surface area (Å²) >= 11 is 1.49. The number of hydrogen-bond donors (Lipinski definition) is 1. The Morgan fingerprint density at radius 3 is 2.81 bits per heavy atom. The monoisotopic (exact) mass is 377 g/mol. The van der Waals surface area contributed by atoms with Crippen molar-refractivity contribution in [3.63, 3.8) is 0 Å². The molecular weight excluding hydrogens is 360 g/mol. The van der Waals surface area contributed by atoms with E-state index in [1.807, 2.05) is 17.8 Å². The Bertz CT molecular complexity index is 923. The van der Waals surface area contributed by atoms with E-state index < -0.39 is 23.6 Å². The highest BCUT2D eigenvalue weighted by molar-refractivity contribution is 7.98. The molecule has 3 aromatic rings. The van der Waals surface area contributed by atoms with E-state index in [0.717, 1.165) is 17.3 Å². The van der Waals surface area contributed by atoms with Crippen LogP contribution in [0.4, 0.5) is 8.78 Å². The lowest BCUT2D eigenvalue weighted by atomic mass is 10.1. The van der Waals surface area contributed by atoms with Gasteiger partial charge in [0.05, 0.1) is 11.8 Å². The Hall–Kier alpha value is -2.61. The highest BCUT2D eigenvalue weighted by Gasteiger charge is 2.16. The largest absolute Gasteiger partial charge is 0.455 e. The second-order valence-corrected chi connectivity index (χ2v) is 6.69. The molecule has 1 atom stereocenters. The molecule has 0 aliphatic heterocycles. The molecule has 5 nitrogen and oxygen atoms in total. The third-order valence-electron chi connectivity index (χ3n) is 3.80. The van der Waals surface area contributed by atoms with E-state index in [-0.39, 0.29) is 5.76 Å². The molecule has 2 aromatic heterocycles. The topological polar surface area (TPSA) is 60.1 Å². The zero-order valence-corrected chi connectivity index (χ0v) is 15.0. The molecular formula is C18H17F2N3O2S. The van der Waals surface area contributed by atoms with Gasteiger partial charge in [-0.3, -0.25) is 4.79 Å². The van der Waals surface area contributed by atoms with Crippen molar-refractivity contribution >= 4 is 17.7 Å². The summed E-state index contributed by atoms with van der Waals surface area (Å²) in [6.07, 6.45) is 3.56. The van der Waals surface area contributed by atoms with Gasteiger partial charge in [0.2, 0.25) is 0 Å². The number of carbonyl (C=O) groups is 1. The number of amides is 1. The number of aryl methyl sites for hydroxylation is 1. The van der Waals surface area contributed by atoms with E-state index in [9.17, 15) is 13.6 Å². The SMILES string of the molecule is CC(NC(=O)c1ccc(CSc2nccn2C)o1)c1ccc(F)c(F)c1. The molecule has 1 aromatic carbocycles. The molecule has 2 heterocycles. The third kappa shape index (κ3) is 4.13. The molecule has 1 N–H and O–H groups in total. The molecule has 0 bridgehead atoms. The molecule has 0 saturated heterocycles. The number of nitrogens with zero attached hydrogens (tertiary/aromatic N) is 2. The molecule has 3 rings (SSSR count). The van der Waals surface area contributed by atoms with Crippen molar-refractivity contribution in [3.05, 3.63) is 71.4 Å². The summed E-state index contributed by atoms with van der Waals surface area (Å²) in [7, 11) is 1.90. The second-order valence-electron chi connectivity index (χ2n) is 5.74. The van der Waals surface area contributed by atoms with Crippen molar-refractivity contribution in [2.75, 3.05) is 0 Å². The summed E-state index contributed by atoms with van der Waals surface area (Å²) in [4.78, 5) is 16.5. The molecule has 8 heteroatoms. The molecule has 0 aliphatic carbocycles. The van der Waals surface area contributed by atoms with Gasteiger partial charge in [0.1, 0.15) is 5.76 Å². The first-order chi connectivity index (χ1) is 12.4. The van der Waals surface area contributed by atoms with Gasteiger partial charge in [0.25, 0.3) is 5.91 Å². The summed E-state index contributed by atoms with van der Waals surface area (Å²) in [6.45, 7) is 1.69. The quantitative estimate of drug-likeness (QED) is 0.658. The average molecular weight is 377 g/mol. The maximum Gasteiger partial charge on any atom is 0.287 e. The minimum Gasteiger partial charge on any atom is -0.455 e. The lowest BCUT2D eigenvalue weighted by Crippen LogP contribution is -2.26. The number of carbonyl (C=O) groups excluding carboxylic acids is 1. The van der Waals surface area contributed by atoms with Gasteiger partial charge in [-0.15, -0.1) is 0 Å². The van der Waals surface area contributed by atoms with Gasteiger partial charge in [-0.2, -0.15) is 0 Å². The fourth-order valence-electron chi connectivity index (χ4n) is 2.34. The van der Waals surface area contributed by atoms with Crippen LogP contribution in [-0.4, -0.2) is 15.5 Å². The van der Waals surface area contributed by atoms with Gasteiger partial charge >= 0.3 is 0 Å².